The van der Waals surface area contributed by atoms with Crippen LogP contribution in [0.25, 0.3) is 11.0 Å². The molecule has 0 spiro atoms. The van der Waals surface area contributed by atoms with Gasteiger partial charge in [-0.1, -0.05) is 25.5 Å². The number of rotatable bonds is 4. The Kier molecular flexibility index (Phi) is 5.80. The van der Waals surface area contributed by atoms with E-state index in [9.17, 15) is 4.79 Å². The highest BCUT2D eigenvalue weighted by molar-refractivity contribution is 5.95. The van der Waals surface area contributed by atoms with Crippen molar-refractivity contribution in [2.24, 2.45) is 0 Å². The molecule has 2 aromatic rings. The topological polar surface area (TPSA) is 59.0 Å². The Morgan fingerprint density at radius 2 is 2.23 bits per heavy atom. The number of amides is 1. The molecule has 1 aromatic carbocycles. The highest BCUT2D eigenvalue weighted by Crippen LogP contribution is 2.20. The van der Waals surface area contributed by atoms with Gasteiger partial charge in [-0.3, -0.25) is 10.1 Å². The van der Waals surface area contributed by atoms with Gasteiger partial charge in [0.1, 0.15) is 0 Å². The largest absolute Gasteiger partial charge is 0.310 e. The van der Waals surface area contributed by atoms with E-state index in [-0.39, 0.29) is 24.4 Å². The first-order valence-electron chi connectivity index (χ1n) is 7.79. The van der Waals surface area contributed by atoms with Crippen LogP contribution in [0, 0.1) is 0 Å². The lowest BCUT2D eigenvalue weighted by Gasteiger charge is -2.22. The number of piperidine rings is 1. The van der Waals surface area contributed by atoms with E-state index in [4.69, 9.17) is 0 Å². The summed E-state index contributed by atoms with van der Waals surface area (Å²) in [5, 5.41) is 6.28. The molecule has 3 rings (SSSR count). The molecule has 1 aromatic heterocycles. The zero-order valence-corrected chi connectivity index (χ0v) is 13.7. The van der Waals surface area contributed by atoms with Crippen LogP contribution in [-0.4, -0.2) is 28.0 Å². The number of fused-ring (bicyclic) bond motifs is 1. The molecule has 0 bridgehead atoms. The van der Waals surface area contributed by atoms with E-state index in [0.29, 0.717) is 5.95 Å². The van der Waals surface area contributed by atoms with Gasteiger partial charge >= 0.3 is 0 Å². The standard InChI is InChI=1S/C16H22N4O.ClH/c1-2-11-20-14-9-4-3-7-12(14)18-16(20)19-15(21)13-8-5-6-10-17-13;/h3-4,7,9,13,17H,2,5-6,8,10-11H2,1H3,(H,18,19,21);1H. The molecule has 120 valence electrons. The first-order chi connectivity index (χ1) is 10.3. The van der Waals surface area contributed by atoms with Gasteiger partial charge in [-0.2, -0.15) is 0 Å². The molecule has 1 saturated heterocycles. The van der Waals surface area contributed by atoms with Gasteiger partial charge in [-0.25, -0.2) is 4.98 Å². The Balaban J connectivity index is 0.00000176. The summed E-state index contributed by atoms with van der Waals surface area (Å²) < 4.78 is 2.09. The van der Waals surface area contributed by atoms with E-state index in [0.717, 1.165) is 49.8 Å². The van der Waals surface area contributed by atoms with E-state index >= 15 is 0 Å². The second kappa shape index (κ2) is 7.61. The molecule has 1 atom stereocenters. The third-order valence-electron chi connectivity index (χ3n) is 3.96. The monoisotopic (exact) mass is 322 g/mol. The van der Waals surface area contributed by atoms with Crippen molar-refractivity contribution in [1.29, 1.82) is 0 Å². The molecule has 0 aliphatic carbocycles. The third-order valence-corrected chi connectivity index (χ3v) is 3.96. The predicted octanol–water partition coefficient (Wildman–Crippen LogP) is 2.95. The average molecular weight is 323 g/mol. The van der Waals surface area contributed by atoms with Crippen LogP contribution in [0.1, 0.15) is 32.6 Å². The maximum atomic E-state index is 12.4. The number of benzene rings is 1. The van der Waals surface area contributed by atoms with Gasteiger partial charge < -0.3 is 9.88 Å². The Hall–Kier alpha value is -1.59. The fourth-order valence-corrected chi connectivity index (χ4v) is 2.89. The van der Waals surface area contributed by atoms with Gasteiger partial charge in [0.05, 0.1) is 17.1 Å². The summed E-state index contributed by atoms with van der Waals surface area (Å²) in [5.41, 5.74) is 2.00. The van der Waals surface area contributed by atoms with Crippen LogP contribution in [0.3, 0.4) is 0 Å². The maximum absolute atomic E-state index is 12.4. The molecule has 1 amide bonds. The maximum Gasteiger partial charge on any atom is 0.243 e. The first kappa shape index (κ1) is 16.8. The van der Waals surface area contributed by atoms with Crippen LogP contribution in [0.15, 0.2) is 24.3 Å². The summed E-state index contributed by atoms with van der Waals surface area (Å²) >= 11 is 0. The summed E-state index contributed by atoms with van der Waals surface area (Å²) in [6, 6.07) is 7.92. The van der Waals surface area contributed by atoms with Gasteiger partial charge in [0.25, 0.3) is 0 Å². The zero-order valence-electron chi connectivity index (χ0n) is 12.8. The van der Waals surface area contributed by atoms with Gasteiger partial charge in [-0.05, 0) is 37.9 Å². The smallest absolute Gasteiger partial charge is 0.243 e. The number of aryl methyl sites for hydroxylation is 1. The van der Waals surface area contributed by atoms with Crippen molar-refractivity contribution in [3.05, 3.63) is 24.3 Å². The van der Waals surface area contributed by atoms with Gasteiger partial charge in [0.15, 0.2) is 0 Å². The molecule has 0 saturated carbocycles. The Morgan fingerprint density at radius 3 is 2.95 bits per heavy atom. The molecule has 2 N–H and O–H groups in total. The third kappa shape index (κ3) is 3.42. The van der Waals surface area contributed by atoms with Crippen molar-refractivity contribution < 1.29 is 4.79 Å². The predicted molar refractivity (Wildman–Crippen MR) is 91.5 cm³/mol. The molecule has 6 heteroatoms. The Labute approximate surface area is 136 Å². The molecule has 1 fully saturated rings. The fraction of sp³-hybridized carbons (Fsp3) is 0.500. The second-order valence-corrected chi connectivity index (χ2v) is 5.57. The number of nitrogens with zero attached hydrogens (tertiary/aromatic N) is 2. The Morgan fingerprint density at radius 1 is 1.41 bits per heavy atom. The molecule has 1 aliphatic rings. The number of carbonyl (C=O) groups excluding carboxylic acids is 1. The van der Waals surface area contributed by atoms with Crippen molar-refractivity contribution in [1.82, 2.24) is 14.9 Å². The van der Waals surface area contributed by atoms with E-state index in [2.05, 4.69) is 27.1 Å². The SMILES string of the molecule is CCCn1c(NC(=O)C2CCCCN2)nc2ccccc21.Cl. The summed E-state index contributed by atoms with van der Waals surface area (Å²) in [5.74, 6) is 0.692. The van der Waals surface area contributed by atoms with E-state index in [1.807, 2.05) is 24.3 Å². The van der Waals surface area contributed by atoms with Crippen LogP contribution >= 0.6 is 12.4 Å². The fourth-order valence-electron chi connectivity index (χ4n) is 2.89. The van der Waals surface area contributed by atoms with Crippen LogP contribution in [0.5, 0.6) is 0 Å². The molecule has 1 unspecified atom stereocenters. The van der Waals surface area contributed by atoms with E-state index in [1.54, 1.807) is 0 Å². The average Bonchev–Trinajstić information content (AvgIpc) is 2.86. The van der Waals surface area contributed by atoms with Crippen molar-refractivity contribution in [3.8, 4) is 0 Å². The van der Waals surface area contributed by atoms with Crippen LogP contribution in [0.2, 0.25) is 0 Å². The summed E-state index contributed by atoms with van der Waals surface area (Å²) in [7, 11) is 0. The number of hydrogen-bond acceptors (Lipinski definition) is 3. The van der Waals surface area contributed by atoms with Gasteiger partial charge in [-0.15, -0.1) is 12.4 Å². The summed E-state index contributed by atoms with van der Waals surface area (Å²) in [4.78, 5) is 16.9. The normalized spacial score (nSPS) is 18.0. The molecule has 1 aliphatic heterocycles. The zero-order chi connectivity index (χ0) is 14.7. The van der Waals surface area contributed by atoms with E-state index < -0.39 is 0 Å². The summed E-state index contributed by atoms with van der Waals surface area (Å²) in [6.07, 6.45) is 4.17. The molecule has 22 heavy (non-hydrogen) atoms. The quantitative estimate of drug-likeness (QED) is 0.910. The second-order valence-electron chi connectivity index (χ2n) is 5.57. The van der Waals surface area contributed by atoms with Crippen LogP contribution in [-0.2, 0) is 11.3 Å². The summed E-state index contributed by atoms with van der Waals surface area (Å²) in [6.45, 7) is 3.90. The van der Waals surface area contributed by atoms with Crippen LogP contribution < -0.4 is 10.6 Å². The lowest BCUT2D eigenvalue weighted by Crippen LogP contribution is -2.43. The van der Waals surface area contributed by atoms with Crippen molar-refractivity contribution in [3.63, 3.8) is 0 Å². The number of anilines is 1. The minimum absolute atomic E-state index is 0. The van der Waals surface area contributed by atoms with Crippen molar-refractivity contribution >= 4 is 35.3 Å². The van der Waals surface area contributed by atoms with Gasteiger partial charge in [0.2, 0.25) is 11.9 Å². The number of carbonyl (C=O) groups is 1. The lowest BCUT2D eigenvalue weighted by atomic mass is 10.0. The number of nitrogens with one attached hydrogen (secondary N) is 2. The number of aromatic nitrogens is 2. The number of hydrogen-bond donors (Lipinski definition) is 2. The highest BCUT2D eigenvalue weighted by Gasteiger charge is 2.22. The first-order valence-corrected chi connectivity index (χ1v) is 7.79. The Bertz CT molecular complexity index is 634. The molecular formula is C16H23ClN4O. The van der Waals surface area contributed by atoms with Crippen LogP contribution in [0.4, 0.5) is 5.95 Å². The highest BCUT2D eigenvalue weighted by atomic mass is 35.5. The molecule has 2 heterocycles. The van der Waals surface area contributed by atoms with Gasteiger partial charge in [0, 0.05) is 6.54 Å². The molecule has 0 radical (unpaired) electrons. The lowest BCUT2D eigenvalue weighted by molar-refractivity contribution is -0.118. The molecular weight excluding hydrogens is 300 g/mol. The van der Waals surface area contributed by atoms with Crippen molar-refractivity contribution in [2.45, 2.75) is 45.2 Å². The number of para-hydroxylation sites is 2. The minimum atomic E-state index is -0.0892. The van der Waals surface area contributed by atoms with Crippen molar-refractivity contribution in [2.75, 3.05) is 11.9 Å². The minimum Gasteiger partial charge on any atom is -0.310 e. The number of halogens is 1. The van der Waals surface area contributed by atoms with E-state index in [1.165, 1.54) is 0 Å². The number of imidazole rings is 1. The molecule has 5 nitrogen and oxygen atoms in total.